The zero-order valence-corrected chi connectivity index (χ0v) is 15.4. The van der Waals surface area contributed by atoms with E-state index in [0.29, 0.717) is 32.0 Å². The minimum Gasteiger partial charge on any atom is -0.482 e. The van der Waals surface area contributed by atoms with E-state index in [9.17, 15) is 4.79 Å². The molecule has 140 valence electrons. The topological polar surface area (TPSA) is 69.5 Å². The maximum atomic E-state index is 12.6. The smallest absolute Gasteiger partial charge is 0.260 e. The van der Waals surface area contributed by atoms with E-state index in [2.05, 4.69) is 10.1 Å². The zero-order valence-electron chi connectivity index (χ0n) is 15.4. The molecule has 1 aliphatic heterocycles. The molecule has 7 heteroatoms. The van der Waals surface area contributed by atoms with Gasteiger partial charge in [0.25, 0.3) is 5.91 Å². The number of rotatable bonds is 6. The number of amides is 1. The Balaban J connectivity index is 1.57. The first kappa shape index (κ1) is 18.4. The van der Waals surface area contributed by atoms with Crippen LogP contribution in [0.2, 0.25) is 0 Å². The first-order valence-electron chi connectivity index (χ1n) is 9.12. The van der Waals surface area contributed by atoms with Gasteiger partial charge in [-0.15, -0.1) is 0 Å². The first-order chi connectivity index (χ1) is 12.7. The summed E-state index contributed by atoms with van der Waals surface area (Å²) in [5.74, 6) is 0.661. The van der Waals surface area contributed by atoms with Crippen LogP contribution in [0.15, 0.2) is 30.6 Å². The molecule has 1 amide bonds. The fourth-order valence-electron chi connectivity index (χ4n) is 3.06. The van der Waals surface area contributed by atoms with Gasteiger partial charge in [-0.2, -0.15) is 5.10 Å². The van der Waals surface area contributed by atoms with E-state index in [1.165, 1.54) is 0 Å². The van der Waals surface area contributed by atoms with Crippen LogP contribution in [0, 0.1) is 6.92 Å². The summed E-state index contributed by atoms with van der Waals surface area (Å²) in [6.45, 7) is 6.52. The molecule has 1 aliphatic rings. The lowest BCUT2D eigenvalue weighted by atomic mass is 10.2. The Morgan fingerprint density at radius 3 is 3.08 bits per heavy atom. The number of hydrogen-bond donors (Lipinski definition) is 0. The summed E-state index contributed by atoms with van der Waals surface area (Å²) in [5, 5.41) is 4.21. The number of carbonyl (C=O) groups is 1. The van der Waals surface area contributed by atoms with Crippen molar-refractivity contribution in [3.8, 4) is 5.75 Å². The van der Waals surface area contributed by atoms with Crippen molar-refractivity contribution in [2.45, 2.75) is 39.3 Å². The standard InChI is InChI=1S/C19H26N4O3/c1-3-17-18(7-6-15(2)21-17)26-14-19(24)22-9-5-11-25-16(12-22)13-23-10-4-8-20-23/h4,6-8,10,16H,3,5,9,11-14H2,1-2H3. The molecule has 0 N–H and O–H groups in total. The van der Waals surface area contributed by atoms with Crippen LogP contribution in [-0.2, 0) is 22.5 Å². The van der Waals surface area contributed by atoms with E-state index in [-0.39, 0.29) is 18.6 Å². The summed E-state index contributed by atoms with van der Waals surface area (Å²) >= 11 is 0. The van der Waals surface area contributed by atoms with Crippen molar-refractivity contribution < 1.29 is 14.3 Å². The molecule has 1 fully saturated rings. The van der Waals surface area contributed by atoms with Gasteiger partial charge in [-0.25, -0.2) is 0 Å². The summed E-state index contributed by atoms with van der Waals surface area (Å²) in [6.07, 6.45) is 5.19. The average Bonchev–Trinajstić information content (AvgIpc) is 3.04. The molecule has 0 spiro atoms. The predicted octanol–water partition coefficient (Wildman–Crippen LogP) is 1.85. The van der Waals surface area contributed by atoms with Gasteiger partial charge < -0.3 is 14.4 Å². The number of ether oxygens (including phenoxy) is 2. The lowest BCUT2D eigenvalue weighted by Gasteiger charge is -2.24. The molecule has 0 bridgehead atoms. The van der Waals surface area contributed by atoms with Gasteiger partial charge in [-0.1, -0.05) is 6.92 Å². The van der Waals surface area contributed by atoms with Crippen LogP contribution in [0.4, 0.5) is 0 Å². The van der Waals surface area contributed by atoms with Crippen molar-refractivity contribution in [2.75, 3.05) is 26.3 Å². The quantitative estimate of drug-likeness (QED) is 0.788. The Kier molecular flexibility index (Phi) is 6.22. The van der Waals surface area contributed by atoms with Crippen LogP contribution < -0.4 is 4.74 Å². The molecule has 0 aliphatic carbocycles. The molecule has 7 nitrogen and oxygen atoms in total. The normalized spacial score (nSPS) is 17.8. The van der Waals surface area contributed by atoms with Crippen molar-refractivity contribution in [3.05, 3.63) is 42.0 Å². The van der Waals surface area contributed by atoms with Gasteiger partial charge in [-0.05, 0) is 38.0 Å². The van der Waals surface area contributed by atoms with Gasteiger partial charge in [0.15, 0.2) is 6.61 Å². The molecule has 0 radical (unpaired) electrons. The largest absolute Gasteiger partial charge is 0.482 e. The third kappa shape index (κ3) is 4.82. The first-order valence-corrected chi connectivity index (χ1v) is 9.12. The Hall–Kier alpha value is -2.41. The van der Waals surface area contributed by atoms with Gasteiger partial charge in [0.2, 0.25) is 0 Å². The summed E-state index contributed by atoms with van der Waals surface area (Å²) < 4.78 is 13.5. The van der Waals surface area contributed by atoms with Gasteiger partial charge in [0, 0.05) is 37.8 Å². The Labute approximate surface area is 153 Å². The summed E-state index contributed by atoms with van der Waals surface area (Å²) in [6, 6.07) is 5.67. The summed E-state index contributed by atoms with van der Waals surface area (Å²) in [5.41, 5.74) is 1.83. The second-order valence-electron chi connectivity index (χ2n) is 6.45. The second-order valence-corrected chi connectivity index (χ2v) is 6.45. The Bertz CT molecular complexity index is 718. The highest BCUT2D eigenvalue weighted by Crippen LogP contribution is 2.18. The molecule has 2 aromatic heterocycles. The van der Waals surface area contributed by atoms with Crippen LogP contribution in [0.25, 0.3) is 0 Å². The minimum atomic E-state index is -0.0615. The number of nitrogens with zero attached hydrogens (tertiary/aromatic N) is 4. The molecule has 2 aromatic rings. The number of hydrogen-bond acceptors (Lipinski definition) is 5. The third-order valence-electron chi connectivity index (χ3n) is 4.41. The van der Waals surface area contributed by atoms with Crippen LogP contribution in [0.3, 0.4) is 0 Å². The van der Waals surface area contributed by atoms with Gasteiger partial charge in [-0.3, -0.25) is 14.5 Å². The number of aryl methyl sites for hydroxylation is 2. The maximum absolute atomic E-state index is 12.6. The minimum absolute atomic E-state index is 0.0201. The Morgan fingerprint density at radius 1 is 1.42 bits per heavy atom. The van der Waals surface area contributed by atoms with E-state index in [4.69, 9.17) is 9.47 Å². The highest BCUT2D eigenvalue weighted by Gasteiger charge is 2.23. The zero-order chi connectivity index (χ0) is 18.4. The lowest BCUT2D eigenvalue weighted by molar-refractivity contribution is -0.134. The molecule has 26 heavy (non-hydrogen) atoms. The summed E-state index contributed by atoms with van der Waals surface area (Å²) in [4.78, 5) is 18.9. The van der Waals surface area contributed by atoms with E-state index < -0.39 is 0 Å². The van der Waals surface area contributed by atoms with Crippen LogP contribution in [0.1, 0.15) is 24.7 Å². The molecule has 1 saturated heterocycles. The average molecular weight is 358 g/mol. The SMILES string of the molecule is CCc1nc(C)ccc1OCC(=O)N1CCCOC(Cn2cccn2)C1. The Morgan fingerprint density at radius 2 is 2.31 bits per heavy atom. The highest BCUT2D eigenvalue weighted by molar-refractivity contribution is 5.77. The third-order valence-corrected chi connectivity index (χ3v) is 4.41. The van der Waals surface area contributed by atoms with Crippen molar-refractivity contribution in [1.29, 1.82) is 0 Å². The van der Waals surface area contributed by atoms with Crippen LogP contribution in [-0.4, -0.2) is 58.0 Å². The predicted molar refractivity (Wildman–Crippen MR) is 97.0 cm³/mol. The molecular weight excluding hydrogens is 332 g/mol. The van der Waals surface area contributed by atoms with E-state index >= 15 is 0 Å². The van der Waals surface area contributed by atoms with Crippen molar-refractivity contribution in [1.82, 2.24) is 19.7 Å². The van der Waals surface area contributed by atoms with E-state index in [1.54, 1.807) is 6.20 Å². The van der Waals surface area contributed by atoms with Crippen molar-refractivity contribution >= 4 is 5.91 Å². The van der Waals surface area contributed by atoms with Crippen molar-refractivity contribution in [2.24, 2.45) is 0 Å². The molecule has 0 aromatic carbocycles. The number of aromatic nitrogens is 3. The number of carbonyl (C=O) groups excluding carboxylic acids is 1. The molecule has 0 saturated carbocycles. The molecular formula is C19H26N4O3. The maximum Gasteiger partial charge on any atom is 0.260 e. The summed E-state index contributed by atoms with van der Waals surface area (Å²) in [7, 11) is 0. The molecule has 1 unspecified atom stereocenters. The van der Waals surface area contributed by atoms with Crippen LogP contribution >= 0.6 is 0 Å². The lowest BCUT2D eigenvalue weighted by Crippen LogP contribution is -2.41. The second kappa shape index (κ2) is 8.80. The van der Waals surface area contributed by atoms with Crippen LogP contribution in [0.5, 0.6) is 5.75 Å². The van der Waals surface area contributed by atoms with E-state index in [0.717, 1.165) is 24.2 Å². The monoisotopic (exact) mass is 358 g/mol. The highest BCUT2D eigenvalue weighted by atomic mass is 16.5. The van der Waals surface area contributed by atoms with Gasteiger partial charge in [0.1, 0.15) is 5.75 Å². The van der Waals surface area contributed by atoms with Gasteiger partial charge >= 0.3 is 0 Å². The van der Waals surface area contributed by atoms with Gasteiger partial charge in [0.05, 0.1) is 18.3 Å². The fourth-order valence-corrected chi connectivity index (χ4v) is 3.06. The molecule has 3 rings (SSSR count). The number of pyridine rings is 1. The van der Waals surface area contributed by atoms with Crippen molar-refractivity contribution in [3.63, 3.8) is 0 Å². The fraction of sp³-hybridized carbons (Fsp3) is 0.526. The molecule has 3 heterocycles. The van der Waals surface area contributed by atoms with E-state index in [1.807, 2.05) is 47.8 Å². The molecule has 1 atom stereocenters.